The molecule has 0 aromatic heterocycles. The molecule has 0 amide bonds. The van der Waals surface area contributed by atoms with Gasteiger partial charge in [0.15, 0.2) is 6.10 Å². The van der Waals surface area contributed by atoms with Crippen LogP contribution in [0.15, 0.2) is 109 Å². The Kier molecular flexibility index (Phi) is 64.3. The van der Waals surface area contributed by atoms with Crippen LogP contribution in [-0.4, -0.2) is 37.2 Å². The van der Waals surface area contributed by atoms with E-state index in [1.54, 1.807) is 0 Å². The number of allylic oxidation sites excluding steroid dienone is 18. The van der Waals surface area contributed by atoms with Gasteiger partial charge in [0.05, 0.1) is 0 Å². The number of esters is 3. The van der Waals surface area contributed by atoms with Crippen LogP contribution in [0.2, 0.25) is 0 Å². The Morgan fingerprint density at radius 3 is 0.800 bits per heavy atom. The highest BCUT2D eigenvalue weighted by Crippen LogP contribution is 2.17. The fraction of sp³-hybridized carbons (Fsp3) is 0.716. The molecule has 0 aromatic rings. The third-order valence-electron chi connectivity index (χ3n) is 14.5. The Labute approximate surface area is 495 Å². The zero-order valence-electron chi connectivity index (χ0n) is 52.6. The Hall–Kier alpha value is -3.93. The van der Waals surface area contributed by atoms with Gasteiger partial charge in [0, 0.05) is 19.3 Å². The maximum atomic E-state index is 12.9. The summed E-state index contributed by atoms with van der Waals surface area (Å²) in [6.45, 7) is 6.50. The molecule has 0 rings (SSSR count). The van der Waals surface area contributed by atoms with Crippen molar-refractivity contribution in [2.45, 2.75) is 329 Å². The second kappa shape index (κ2) is 67.6. The molecule has 458 valence electrons. The van der Waals surface area contributed by atoms with Gasteiger partial charge in [0.25, 0.3) is 0 Å². The molecule has 0 radical (unpaired) electrons. The van der Waals surface area contributed by atoms with E-state index in [1.807, 2.05) is 0 Å². The van der Waals surface area contributed by atoms with Crippen LogP contribution < -0.4 is 0 Å². The molecule has 1 atom stereocenters. The van der Waals surface area contributed by atoms with E-state index < -0.39 is 6.10 Å². The zero-order valence-corrected chi connectivity index (χ0v) is 52.6. The predicted molar refractivity (Wildman–Crippen MR) is 348 cm³/mol. The van der Waals surface area contributed by atoms with Crippen LogP contribution in [0.3, 0.4) is 0 Å². The van der Waals surface area contributed by atoms with Crippen molar-refractivity contribution in [2.24, 2.45) is 0 Å². The molecule has 0 saturated carbocycles. The van der Waals surface area contributed by atoms with E-state index in [2.05, 4.69) is 130 Å². The number of unbranched alkanes of at least 4 members (excludes halogenated alkanes) is 32. The number of ether oxygens (including phenoxy) is 3. The van der Waals surface area contributed by atoms with Crippen molar-refractivity contribution < 1.29 is 28.6 Å². The minimum Gasteiger partial charge on any atom is -0.462 e. The standard InChI is InChI=1S/C74H126O6/c1-4-7-10-13-16-19-22-25-28-30-32-34-36-37-39-40-42-44-46-49-52-55-58-61-64-67-73(76)79-70-71(69-78-72(75)66-63-60-57-54-51-48-27-24-21-18-15-12-9-6-3)80-74(77)68-65-62-59-56-53-50-47-45-43-41-38-35-33-31-29-26-23-20-17-14-11-8-5-2/h8,11,17,20,22,25-26,29-30,32-33,35,41,43,47,50,56,59,71H,4-7,9-10,12-16,18-19,21,23-24,27-28,31,34,36-40,42,44-46,48-49,51-55,57-58,60-70H2,1-3H3/b11-8-,20-17-,25-22-,29-26-,32-30-,35-33-,43-41-,50-47-,59-56-. The lowest BCUT2D eigenvalue weighted by Crippen LogP contribution is -2.30. The van der Waals surface area contributed by atoms with Gasteiger partial charge in [-0.05, 0) is 103 Å². The van der Waals surface area contributed by atoms with Crippen LogP contribution in [0.25, 0.3) is 0 Å². The molecule has 0 heterocycles. The first-order valence-electron chi connectivity index (χ1n) is 33.9. The van der Waals surface area contributed by atoms with Gasteiger partial charge in [-0.3, -0.25) is 14.4 Å². The third kappa shape index (κ3) is 64.9. The molecule has 0 saturated heterocycles. The first kappa shape index (κ1) is 76.1. The lowest BCUT2D eigenvalue weighted by atomic mass is 10.0. The van der Waals surface area contributed by atoms with E-state index >= 15 is 0 Å². The topological polar surface area (TPSA) is 78.9 Å². The van der Waals surface area contributed by atoms with E-state index in [0.717, 1.165) is 96.3 Å². The number of carbonyl (C=O) groups excluding carboxylic acids is 3. The predicted octanol–water partition coefficient (Wildman–Crippen LogP) is 23.4. The summed E-state index contributed by atoms with van der Waals surface area (Å²) in [6.07, 6.45) is 92.5. The average molecular weight is 1110 g/mol. The molecule has 0 aliphatic carbocycles. The Morgan fingerprint density at radius 1 is 0.263 bits per heavy atom. The maximum absolute atomic E-state index is 12.9. The Bertz CT molecular complexity index is 1610. The van der Waals surface area contributed by atoms with Crippen molar-refractivity contribution in [2.75, 3.05) is 13.2 Å². The Morgan fingerprint density at radius 2 is 0.500 bits per heavy atom. The number of hydrogen-bond donors (Lipinski definition) is 0. The summed E-state index contributed by atoms with van der Waals surface area (Å²) >= 11 is 0. The van der Waals surface area contributed by atoms with Crippen molar-refractivity contribution in [3.05, 3.63) is 109 Å². The molecule has 0 N–H and O–H groups in total. The summed E-state index contributed by atoms with van der Waals surface area (Å²) in [6, 6.07) is 0. The van der Waals surface area contributed by atoms with E-state index in [1.165, 1.54) is 180 Å². The molecule has 0 aromatic carbocycles. The second-order valence-electron chi connectivity index (χ2n) is 22.4. The number of carbonyl (C=O) groups is 3. The monoisotopic (exact) mass is 1110 g/mol. The first-order chi connectivity index (χ1) is 39.5. The Balaban J connectivity index is 4.41. The molecule has 6 heteroatoms. The normalized spacial score (nSPS) is 12.8. The molecule has 0 aliphatic rings. The van der Waals surface area contributed by atoms with E-state index in [0.29, 0.717) is 19.3 Å². The van der Waals surface area contributed by atoms with Gasteiger partial charge < -0.3 is 14.2 Å². The largest absolute Gasteiger partial charge is 0.462 e. The van der Waals surface area contributed by atoms with E-state index in [-0.39, 0.29) is 37.5 Å². The molecule has 0 spiro atoms. The molecular weight excluding hydrogens is 985 g/mol. The van der Waals surface area contributed by atoms with Gasteiger partial charge in [0.2, 0.25) is 0 Å². The zero-order chi connectivity index (χ0) is 57.8. The smallest absolute Gasteiger partial charge is 0.306 e. The van der Waals surface area contributed by atoms with Gasteiger partial charge in [-0.25, -0.2) is 0 Å². The summed E-state index contributed by atoms with van der Waals surface area (Å²) in [5.74, 6) is -0.948. The SMILES string of the molecule is CC/C=C\C/C=C\C/C=C\C/C=C\C/C=C\C/C=C\C/C=C\CCCC(=O)OC(COC(=O)CCCCCCCCCCCCCCCC)COC(=O)CCCCCCCCCCCCCCC/C=C\C/C=C\CCCCCCC. The number of hydrogen-bond acceptors (Lipinski definition) is 6. The van der Waals surface area contributed by atoms with Gasteiger partial charge in [-0.2, -0.15) is 0 Å². The highest BCUT2D eigenvalue weighted by Gasteiger charge is 2.19. The van der Waals surface area contributed by atoms with Gasteiger partial charge in [-0.1, -0.05) is 310 Å². The summed E-state index contributed by atoms with van der Waals surface area (Å²) in [5, 5.41) is 0. The summed E-state index contributed by atoms with van der Waals surface area (Å²) < 4.78 is 16.9. The minimum absolute atomic E-state index is 0.0992. The second-order valence-corrected chi connectivity index (χ2v) is 22.4. The van der Waals surface area contributed by atoms with Crippen LogP contribution in [-0.2, 0) is 28.6 Å². The highest BCUT2D eigenvalue weighted by atomic mass is 16.6. The highest BCUT2D eigenvalue weighted by molar-refractivity contribution is 5.71. The molecule has 0 aliphatic heterocycles. The van der Waals surface area contributed by atoms with Crippen LogP contribution in [0, 0.1) is 0 Å². The van der Waals surface area contributed by atoms with Crippen molar-refractivity contribution in [3.8, 4) is 0 Å². The fourth-order valence-electron chi connectivity index (χ4n) is 9.46. The number of rotatable bonds is 61. The molecule has 1 unspecified atom stereocenters. The van der Waals surface area contributed by atoms with Crippen LogP contribution in [0.4, 0.5) is 0 Å². The molecule has 0 bridgehead atoms. The van der Waals surface area contributed by atoms with Crippen molar-refractivity contribution >= 4 is 17.9 Å². The van der Waals surface area contributed by atoms with Crippen LogP contribution in [0.1, 0.15) is 323 Å². The fourth-order valence-corrected chi connectivity index (χ4v) is 9.46. The van der Waals surface area contributed by atoms with Crippen LogP contribution in [0.5, 0.6) is 0 Å². The lowest BCUT2D eigenvalue weighted by molar-refractivity contribution is -0.167. The summed E-state index contributed by atoms with van der Waals surface area (Å²) in [5.41, 5.74) is 0. The van der Waals surface area contributed by atoms with Crippen molar-refractivity contribution in [1.29, 1.82) is 0 Å². The molecule has 80 heavy (non-hydrogen) atoms. The van der Waals surface area contributed by atoms with Gasteiger partial charge >= 0.3 is 17.9 Å². The molecule has 6 nitrogen and oxygen atoms in total. The maximum Gasteiger partial charge on any atom is 0.306 e. The van der Waals surface area contributed by atoms with Gasteiger partial charge in [0.1, 0.15) is 13.2 Å². The first-order valence-corrected chi connectivity index (χ1v) is 33.9. The van der Waals surface area contributed by atoms with Gasteiger partial charge in [-0.15, -0.1) is 0 Å². The van der Waals surface area contributed by atoms with Crippen molar-refractivity contribution in [1.82, 2.24) is 0 Å². The molecular formula is C74H126O6. The van der Waals surface area contributed by atoms with E-state index in [4.69, 9.17) is 14.2 Å². The minimum atomic E-state index is -0.810. The third-order valence-corrected chi connectivity index (χ3v) is 14.5. The lowest BCUT2D eigenvalue weighted by Gasteiger charge is -2.18. The summed E-state index contributed by atoms with van der Waals surface area (Å²) in [4.78, 5) is 38.4. The van der Waals surface area contributed by atoms with Crippen LogP contribution >= 0.6 is 0 Å². The van der Waals surface area contributed by atoms with E-state index in [9.17, 15) is 14.4 Å². The molecule has 0 fully saturated rings. The average Bonchev–Trinajstić information content (AvgIpc) is 3.46. The summed E-state index contributed by atoms with van der Waals surface area (Å²) in [7, 11) is 0. The van der Waals surface area contributed by atoms with Crippen molar-refractivity contribution in [3.63, 3.8) is 0 Å². The quantitative estimate of drug-likeness (QED) is 0.0261.